The van der Waals surface area contributed by atoms with Crippen LogP contribution in [-0.2, 0) is 0 Å². The highest BCUT2D eigenvalue weighted by molar-refractivity contribution is 5.81. The Hall–Kier alpha value is -1.39. The number of aliphatic hydroxyl groups excluding tert-OH is 1. The Morgan fingerprint density at radius 1 is 1.54 bits per heavy atom. The monoisotopic (exact) mass is 177 g/mol. The minimum atomic E-state index is -0.621. The second-order valence-corrected chi connectivity index (χ2v) is 2.93. The predicted octanol–water partition coefficient (Wildman–Crippen LogP) is 0.555. The normalized spacial score (nSPS) is 13.4. The summed E-state index contributed by atoms with van der Waals surface area (Å²) in [5.41, 5.74) is 7.04. The van der Waals surface area contributed by atoms with Crippen molar-refractivity contribution < 1.29 is 5.11 Å². The third kappa shape index (κ3) is 1.30. The van der Waals surface area contributed by atoms with Gasteiger partial charge in [-0.2, -0.15) is 5.10 Å². The average Bonchev–Trinajstić information content (AvgIpc) is 2.63. The molecule has 0 fully saturated rings. The van der Waals surface area contributed by atoms with Crippen LogP contribution in [0, 0.1) is 0 Å². The third-order valence-electron chi connectivity index (χ3n) is 2.09. The van der Waals surface area contributed by atoms with Crippen LogP contribution in [0.15, 0.2) is 24.4 Å². The summed E-state index contributed by atoms with van der Waals surface area (Å²) in [6.07, 6.45) is 1.10. The molecule has 0 amide bonds. The van der Waals surface area contributed by atoms with Gasteiger partial charge in [0.15, 0.2) is 0 Å². The quantitative estimate of drug-likeness (QED) is 0.627. The fourth-order valence-electron chi connectivity index (χ4n) is 1.40. The van der Waals surface area contributed by atoms with Crippen LogP contribution in [0.2, 0.25) is 0 Å². The molecule has 4 N–H and O–H groups in total. The van der Waals surface area contributed by atoms with Crippen molar-refractivity contribution in [2.75, 3.05) is 6.54 Å². The Morgan fingerprint density at radius 2 is 2.38 bits per heavy atom. The van der Waals surface area contributed by atoms with Crippen molar-refractivity contribution in [2.24, 2.45) is 5.73 Å². The smallest absolute Gasteiger partial charge is 0.0933 e. The molecule has 0 aliphatic heterocycles. The van der Waals surface area contributed by atoms with Crippen LogP contribution in [0.4, 0.5) is 0 Å². The Kier molecular flexibility index (Phi) is 2.00. The number of rotatable bonds is 2. The molecule has 4 heteroatoms. The van der Waals surface area contributed by atoms with Gasteiger partial charge in [0.1, 0.15) is 0 Å². The van der Waals surface area contributed by atoms with Gasteiger partial charge in [0, 0.05) is 17.5 Å². The van der Waals surface area contributed by atoms with Crippen LogP contribution in [-0.4, -0.2) is 21.8 Å². The molecular weight excluding hydrogens is 166 g/mol. The number of H-pyrrole nitrogens is 1. The van der Waals surface area contributed by atoms with E-state index in [1.54, 1.807) is 6.20 Å². The van der Waals surface area contributed by atoms with Crippen LogP contribution < -0.4 is 5.73 Å². The molecule has 0 saturated heterocycles. The number of aromatic amines is 1. The fourth-order valence-corrected chi connectivity index (χ4v) is 1.40. The zero-order valence-corrected chi connectivity index (χ0v) is 7.07. The maximum atomic E-state index is 9.57. The molecule has 68 valence electrons. The first-order valence-corrected chi connectivity index (χ1v) is 4.13. The molecule has 4 nitrogen and oxygen atoms in total. The van der Waals surface area contributed by atoms with Crippen molar-refractivity contribution in [1.82, 2.24) is 10.2 Å². The molecule has 0 saturated carbocycles. The van der Waals surface area contributed by atoms with Crippen molar-refractivity contribution in [3.8, 4) is 0 Å². The van der Waals surface area contributed by atoms with E-state index in [2.05, 4.69) is 10.2 Å². The van der Waals surface area contributed by atoms with Gasteiger partial charge >= 0.3 is 0 Å². The van der Waals surface area contributed by atoms with E-state index < -0.39 is 6.10 Å². The summed E-state index contributed by atoms with van der Waals surface area (Å²) >= 11 is 0. The van der Waals surface area contributed by atoms with Gasteiger partial charge in [0.2, 0.25) is 0 Å². The highest BCUT2D eigenvalue weighted by Crippen LogP contribution is 2.21. The van der Waals surface area contributed by atoms with Gasteiger partial charge in [0.25, 0.3) is 0 Å². The number of hydrogen-bond acceptors (Lipinski definition) is 3. The lowest BCUT2D eigenvalue weighted by Gasteiger charge is -2.08. The highest BCUT2D eigenvalue weighted by atomic mass is 16.3. The molecule has 0 spiro atoms. The molecule has 1 heterocycles. The first kappa shape index (κ1) is 8.22. The molecule has 1 unspecified atom stereocenters. The standard InChI is InChI=1S/C9H11N3O/c10-4-8(13)7-3-1-2-6-5-11-12-9(6)7/h1-3,5,8,13H,4,10H2,(H,11,12). The molecule has 1 aromatic carbocycles. The van der Waals surface area contributed by atoms with Crippen LogP contribution >= 0.6 is 0 Å². The lowest BCUT2D eigenvalue weighted by Crippen LogP contribution is -2.11. The minimum Gasteiger partial charge on any atom is -0.387 e. The average molecular weight is 177 g/mol. The Morgan fingerprint density at radius 3 is 3.15 bits per heavy atom. The van der Waals surface area contributed by atoms with Crippen molar-refractivity contribution in [3.63, 3.8) is 0 Å². The Labute approximate surface area is 75.4 Å². The molecule has 2 aromatic rings. The first-order valence-electron chi connectivity index (χ1n) is 4.13. The van der Waals surface area contributed by atoms with E-state index >= 15 is 0 Å². The summed E-state index contributed by atoms with van der Waals surface area (Å²) in [6.45, 7) is 0.220. The van der Waals surface area contributed by atoms with Crippen molar-refractivity contribution in [2.45, 2.75) is 6.10 Å². The van der Waals surface area contributed by atoms with Gasteiger partial charge in [-0.05, 0) is 0 Å². The molecule has 13 heavy (non-hydrogen) atoms. The predicted molar refractivity (Wildman–Crippen MR) is 50.1 cm³/mol. The van der Waals surface area contributed by atoms with E-state index in [0.717, 1.165) is 16.5 Å². The Balaban J connectivity index is 2.60. The van der Waals surface area contributed by atoms with Gasteiger partial charge in [-0.25, -0.2) is 0 Å². The molecule has 0 aliphatic carbocycles. The summed E-state index contributed by atoms with van der Waals surface area (Å²) in [4.78, 5) is 0. The molecule has 1 aromatic heterocycles. The van der Waals surface area contributed by atoms with E-state index in [4.69, 9.17) is 5.73 Å². The summed E-state index contributed by atoms with van der Waals surface area (Å²) in [6, 6.07) is 5.66. The van der Waals surface area contributed by atoms with E-state index in [1.807, 2.05) is 18.2 Å². The largest absolute Gasteiger partial charge is 0.387 e. The number of nitrogens with two attached hydrogens (primary N) is 1. The maximum absolute atomic E-state index is 9.57. The van der Waals surface area contributed by atoms with Crippen molar-refractivity contribution in [3.05, 3.63) is 30.0 Å². The highest BCUT2D eigenvalue weighted by Gasteiger charge is 2.09. The van der Waals surface area contributed by atoms with Gasteiger partial charge in [0.05, 0.1) is 17.8 Å². The zero-order chi connectivity index (χ0) is 9.26. The lowest BCUT2D eigenvalue weighted by atomic mass is 10.1. The van der Waals surface area contributed by atoms with Crippen LogP contribution in [0.5, 0.6) is 0 Å². The molecule has 0 aliphatic rings. The van der Waals surface area contributed by atoms with Crippen LogP contribution in [0.3, 0.4) is 0 Å². The van der Waals surface area contributed by atoms with Gasteiger partial charge in [-0.1, -0.05) is 18.2 Å². The summed E-state index contributed by atoms with van der Waals surface area (Å²) < 4.78 is 0. The van der Waals surface area contributed by atoms with E-state index in [9.17, 15) is 5.11 Å². The van der Waals surface area contributed by atoms with Crippen LogP contribution in [0.1, 0.15) is 11.7 Å². The number of aliphatic hydroxyl groups is 1. The number of nitrogens with one attached hydrogen (secondary N) is 1. The topological polar surface area (TPSA) is 74.9 Å². The second kappa shape index (κ2) is 3.16. The zero-order valence-electron chi connectivity index (χ0n) is 7.07. The summed E-state index contributed by atoms with van der Waals surface area (Å²) in [5.74, 6) is 0. The summed E-state index contributed by atoms with van der Waals surface area (Å²) in [5, 5.41) is 17.3. The Bertz CT molecular complexity index is 410. The number of nitrogens with zero attached hydrogens (tertiary/aromatic N) is 1. The first-order chi connectivity index (χ1) is 6.33. The van der Waals surface area contributed by atoms with Crippen molar-refractivity contribution in [1.29, 1.82) is 0 Å². The molecular formula is C9H11N3O. The molecule has 0 radical (unpaired) electrons. The van der Waals surface area contributed by atoms with E-state index in [-0.39, 0.29) is 6.54 Å². The number of aromatic nitrogens is 2. The number of para-hydroxylation sites is 1. The second-order valence-electron chi connectivity index (χ2n) is 2.93. The number of fused-ring (bicyclic) bond motifs is 1. The fraction of sp³-hybridized carbons (Fsp3) is 0.222. The van der Waals surface area contributed by atoms with Crippen molar-refractivity contribution >= 4 is 10.9 Å². The lowest BCUT2D eigenvalue weighted by molar-refractivity contribution is 0.188. The number of hydrogen-bond donors (Lipinski definition) is 3. The van der Waals surface area contributed by atoms with E-state index in [0.29, 0.717) is 0 Å². The molecule has 1 atom stereocenters. The summed E-state index contributed by atoms with van der Waals surface area (Å²) in [7, 11) is 0. The minimum absolute atomic E-state index is 0.220. The third-order valence-corrected chi connectivity index (χ3v) is 2.09. The van der Waals surface area contributed by atoms with Gasteiger partial charge < -0.3 is 10.8 Å². The maximum Gasteiger partial charge on any atom is 0.0933 e. The molecule has 2 rings (SSSR count). The van der Waals surface area contributed by atoms with E-state index in [1.165, 1.54) is 0 Å². The van der Waals surface area contributed by atoms with Gasteiger partial charge in [-0.3, -0.25) is 5.10 Å². The van der Waals surface area contributed by atoms with Crippen LogP contribution in [0.25, 0.3) is 10.9 Å². The number of benzene rings is 1. The molecule has 0 bridgehead atoms. The van der Waals surface area contributed by atoms with Gasteiger partial charge in [-0.15, -0.1) is 0 Å². The SMILES string of the molecule is NCC(O)c1cccc2cn[nH]c12.